The maximum Gasteiger partial charge on any atom is 0.118 e. The first kappa shape index (κ1) is 19.2. The molecule has 0 bridgehead atoms. The molecule has 0 aliphatic carbocycles. The third-order valence-corrected chi connectivity index (χ3v) is 5.54. The average molecular weight is 406 g/mol. The van der Waals surface area contributed by atoms with Crippen LogP contribution in [0.5, 0.6) is 5.75 Å². The number of aromatic nitrogens is 2. The zero-order valence-electron chi connectivity index (χ0n) is 17.6. The molecule has 4 heteroatoms. The predicted molar refractivity (Wildman–Crippen MR) is 127 cm³/mol. The molecular formula is C27H23N3O. The van der Waals surface area contributed by atoms with Gasteiger partial charge in [0, 0.05) is 28.4 Å². The summed E-state index contributed by atoms with van der Waals surface area (Å²) in [5.74, 6) is 0.835. The number of nitrogens with one attached hydrogen (secondary N) is 1. The monoisotopic (exact) mass is 405 g/mol. The molecule has 0 saturated heterocycles. The highest BCUT2D eigenvalue weighted by molar-refractivity contribution is 6.04. The summed E-state index contributed by atoms with van der Waals surface area (Å²) in [5.41, 5.74) is 7.12. The highest BCUT2D eigenvalue weighted by Crippen LogP contribution is 2.29. The lowest BCUT2D eigenvalue weighted by atomic mass is 10.0. The van der Waals surface area contributed by atoms with E-state index in [4.69, 9.17) is 14.7 Å². The summed E-state index contributed by atoms with van der Waals surface area (Å²) < 4.78 is 5.28. The number of benzene rings is 3. The Hall–Kier alpha value is -3.76. The summed E-state index contributed by atoms with van der Waals surface area (Å²) in [7, 11) is 3.63. The molecule has 0 saturated carbocycles. The van der Waals surface area contributed by atoms with Gasteiger partial charge in [-0.05, 0) is 49.0 Å². The average Bonchev–Trinajstić information content (AvgIpc) is 2.84. The molecule has 0 aliphatic rings. The van der Waals surface area contributed by atoms with Gasteiger partial charge in [0.05, 0.1) is 29.5 Å². The highest BCUT2D eigenvalue weighted by atomic mass is 16.5. The molecule has 31 heavy (non-hydrogen) atoms. The minimum atomic E-state index is 0.835. The van der Waals surface area contributed by atoms with E-state index in [1.807, 2.05) is 31.3 Å². The van der Waals surface area contributed by atoms with Gasteiger partial charge < -0.3 is 10.1 Å². The number of nitrogens with zero attached hydrogens (tertiary/aromatic N) is 2. The van der Waals surface area contributed by atoms with E-state index in [1.165, 1.54) is 5.56 Å². The molecule has 0 atom stereocenters. The molecule has 0 amide bonds. The van der Waals surface area contributed by atoms with Crippen molar-refractivity contribution in [1.82, 2.24) is 15.3 Å². The van der Waals surface area contributed by atoms with Crippen molar-refractivity contribution in [3.63, 3.8) is 0 Å². The van der Waals surface area contributed by atoms with Crippen LogP contribution in [0.15, 0.2) is 84.9 Å². The lowest BCUT2D eigenvalue weighted by molar-refractivity contribution is 0.415. The van der Waals surface area contributed by atoms with Crippen LogP contribution in [0.2, 0.25) is 0 Å². The lowest BCUT2D eigenvalue weighted by Gasteiger charge is -2.09. The first-order chi connectivity index (χ1) is 15.2. The van der Waals surface area contributed by atoms with Crippen molar-refractivity contribution in [2.24, 2.45) is 0 Å². The standard InChI is InChI=1S/C27H23N3O/c1-28-17-18-3-5-19(6-4-18)24-15-11-21-7-8-22-12-16-25(30-27(22)26(21)29-24)20-9-13-23(31-2)14-10-20/h3-16,28H,17H2,1-2H3. The van der Waals surface area contributed by atoms with Crippen LogP contribution >= 0.6 is 0 Å². The topological polar surface area (TPSA) is 47.0 Å². The largest absolute Gasteiger partial charge is 0.497 e. The van der Waals surface area contributed by atoms with Gasteiger partial charge in [0.15, 0.2) is 0 Å². The van der Waals surface area contributed by atoms with Crippen molar-refractivity contribution in [2.45, 2.75) is 6.54 Å². The Morgan fingerprint density at radius 2 is 1.13 bits per heavy atom. The highest BCUT2D eigenvalue weighted by Gasteiger charge is 2.09. The van der Waals surface area contributed by atoms with Crippen molar-refractivity contribution in [1.29, 1.82) is 0 Å². The zero-order chi connectivity index (χ0) is 21.2. The molecule has 152 valence electrons. The van der Waals surface area contributed by atoms with E-state index < -0.39 is 0 Å². The Kier molecular flexibility index (Phi) is 5.06. The molecule has 0 spiro atoms. The fraction of sp³-hybridized carbons (Fsp3) is 0.111. The van der Waals surface area contributed by atoms with Gasteiger partial charge in [-0.2, -0.15) is 0 Å². The van der Waals surface area contributed by atoms with Gasteiger partial charge >= 0.3 is 0 Å². The van der Waals surface area contributed by atoms with Gasteiger partial charge in [-0.3, -0.25) is 0 Å². The molecule has 4 nitrogen and oxygen atoms in total. The third kappa shape index (κ3) is 3.74. The normalized spacial score (nSPS) is 11.2. The van der Waals surface area contributed by atoms with Crippen LogP contribution in [-0.2, 0) is 6.54 Å². The zero-order valence-corrected chi connectivity index (χ0v) is 17.6. The Balaban J connectivity index is 1.62. The number of ether oxygens (including phenoxy) is 1. The summed E-state index contributed by atoms with van der Waals surface area (Å²) in [6, 6.07) is 29.1. The number of pyridine rings is 2. The van der Waals surface area contributed by atoms with Crippen LogP contribution in [-0.4, -0.2) is 24.1 Å². The van der Waals surface area contributed by atoms with E-state index in [0.717, 1.165) is 56.6 Å². The molecule has 2 aromatic heterocycles. The molecule has 2 heterocycles. The number of fused-ring (bicyclic) bond motifs is 3. The quantitative estimate of drug-likeness (QED) is 0.373. The third-order valence-electron chi connectivity index (χ3n) is 5.54. The van der Waals surface area contributed by atoms with Crippen molar-refractivity contribution in [2.75, 3.05) is 14.2 Å². The summed E-state index contributed by atoms with van der Waals surface area (Å²) >= 11 is 0. The van der Waals surface area contributed by atoms with Crippen LogP contribution in [0, 0.1) is 0 Å². The minimum absolute atomic E-state index is 0.835. The van der Waals surface area contributed by atoms with Crippen LogP contribution in [0.3, 0.4) is 0 Å². The SMILES string of the molecule is CNCc1ccc(-c2ccc3ccc4ccc(-c5ccc(OC)cc5)nc4c3n2)cc1. The van der Waals surface area contributed by atoms with Gasteiger partial charge in [0.25, 0.3) is 0 Å². The first-order valence-electron chi connectivity index (χ1n) is 10.3. The predicted octanol–water partition coefficient (Wildman–Crippen LogP) is 5.85. The molecule has 5 rings (SSSR count). The molecule has 3 aromatic carbocycles. The Labute approximate surface area is 181 Å². The smallest absolute Gasteiger partial charge is 0.118 e. The van der Waals surface area contributed by atoms with E-state index in [-0.39, 0.29) is 0 Å². The Morgan fingerprint density at radius 3 is 1.61 bits per heavy atom. The number of methoxy groups -OCH3 is 1. The lowest BCUT2D eigenvalue weighted by Crippen LogP contribution is -2.04. The molecule has 0 unspecified atom stereocenters. The fourth-order valence-corrected chi connectivity index (χ4v) is 3.85. The number of hydrogen-bond acceptors (Lipinski definition) is 4. The van der Waals surface area contributed by atoms with Gasteiger partial charge in [-0.25, -0.2) is 9.97 Å². The summed E-state index contributed by atoms with van der Waals surface area (Å²) in [4.78, 5) is 10.0. The molecule has 1 N–H and O–H groups in total. The van der Waals surface area contributed by atoms with E-state index in [0.29, 0.717) is 0 Å². The van der Waals surface area contributed by atoms with Gasteiger partial charge in [0.1, 0.15) is 5.75 Å². The maximum absolute atomic E-state index is 5.28. The second-order valence-electron chi connectivity index (χ2n) is 7.56. The fourth-order valence-electron chi connectivity index (χ4n) is 3.85. The molecule has 5 aromatic rings. The van der Waals surface area contributed by atoms with Gasteiger partial charge in [-0.15, -0.1) is 0 Å². The van der Waals surface area contributed by atoms with E-state index in [1.54, 1.807) is 7.11 Å². The Morgan fingerprint density at radius 1 is 0.645 bits per heavy atom. The van der Waals surface area contributed by atoms with Crippen LogP contribution in [0.4, 0.5) is 0 Å². The molecule has 0 aliphatic heterocycles. The first-order valence-corrected chi connectivity index (χ1v) is 10.3. The van der Waals surface area contributed by atoms with Crippen molar-refractivity contribution < 1.29 is 4.74 Å². The van der Waals surface area contributed by atoms with Crippen molar-refractivity contribution >= 4 is 21.8 Å². The number of hydrogen-bond donors (Lipinski definition) is 1. The summed E-state index contributed by atoms with van der Waals surface area (Å²) in [6.45, 7) is 0.855. The van der Waals surface area contributed by atoms with E-state index in [2.05, 4.69) is 66.0 Å². The number of rotatable bonds is 5. The van der Waals surface area contributed by atoms with Crippen LogP contribution < -0.4 is 10.1 Å². The Bertz CT molecular complexity index is 1360. The van der Waals surface area contributed by atoms with Gasteiger partial charge in [0.2, 0.25) is 0 Å². The second-order valence-corrected chi connectivity index (χ2v) is 7.56. The van der Waals surface area contributed by atoms with E-state index >= 15 is 0 Å². The van der Waals surface area contributed by atoms with Gasteiger partial charge in [-0.1, -0.05) is 48.5 Å². The summed E-state index contributed by atoms with van der Waals surface area (Å²) in [6.07, 6.45) is 0. The maximum atomic E-state index is 5.28. The minimum Gasteiger partial charge on any atom is -0.497 e. The molecule has 0 radical (unpaired) electrons. The van der Waals surface area contributed by atoms with Crippen LogP contribution in [0.25, 0.3) is 44.3 Å². The summed E-state index contributed by atoms with van der Waals surface area (Å²) in [5, 5.41) is 5.35. The van der Waals surface area contributed by atoms with E-state index in [9.17, 15) is 0 Å². The van der Waals surface area contributed by atoms with Crippen LogP contribution in [0.1, 0.15) is 5.56 Å². The van der Waals surface area contributed by atoms with Crippen molar-refractivity contribution in [3.8, 4) is 28.3 Å². The molecule has 0 fully saturated rings. The van der Waals surface area contributed by atoms with Crippen molar-refractivity contribution in [3.05, 3.63) is 90.5 Å². The second kappa shape index (κ2) is 8.17. The molecular weight excluding hydrogens is 382 g/mol.